The molecule has 0 aromatic heterocycles. The number of benzene rings is 1. The Hall–Kier alpha value is -1.30. The van der Waals surface area contributed by atoms with Crippen molar-refractivity contribution in [3.63, 3.8) is 0 Å². The number of hydrogen-bond donors (Lipinski definition) is 1. The third kappa shape index (κ3) is 3.37. The fourth-order valence-electron chi connectivity index (χ4n) is 1.07. The van der Waals surface area contributed by atoms with Gasteiger partial charge in [-0.1, -0.05) is 13.0 Å². The standard InChI is InChI=1S/C10H9F4O2/c1-6(5-15)7-2-3-9(8(11)4-7)16-10(12,13)14/h2-4,15H,5H2,1H3. The van der Waals surface area contributed by atoms with Gasteiger partial charge >= 0.3 is 6.36 Å². The summed E-state index contributed by atoms with van der Waals surface area (Å²) in [6, 6.07) is 3.00. The maximum absolute atomic E-state index is 13.2. The quantitative estimate of drug-likeness (QED) is 0.819. The maximum atomic E-state index is 13.2. The van der Waals surface area contributed by atoms with Crippen molar-refractivity contribution in [3.05, 3.63) is 35.5 Å². The van der Waals surface area contributed by atoms with Crippen LogP contribution >= 0.6 is 0 Å². The summed E-state index contributed by atoms with van der Waals surface area (Å²) < 4.78 is 52.0. The summed E-state index contributed by atoms with van der Waals surface area (Å²) in [7, 11) is 0. The molecular weight excluding hydrogens is 228 g/mol. The van der Waals surface area contributed by atoms with Crippen molar-refractivity contribution in [2.24, 2.45) is 0 Å². The molecular formula is C10H9F4O2. The Morgan fingerprint density at radius 2 is 2.00 bits per heavy atom. The van der Waals surface area contributed by atoms with Crippen LogP contribution in [0.25, 0.3) is 0 Å². The summed E-state index contributed by atoms with van der Waals surface area (Å²) in [5, 5.41) is 8.76. The highest BCUT2D eigenvalue weighted by Crippen LogP contribution is 2.27. The Morgan fingerprint density at radius 1 is 1.38 bits per heavy atom. The SMILES string of the molecule is C[C](CO)c1ccc(OC(F)(F)F)c(F)c1. The van der Waals surface area contributed by atoms with Gasteiger partial charge in [0, 0.05) is 5.92 Å². The summed E-state index contributed by atoms with van der Waals surface area (Å²) in [6.07, 6.45) is -4.92. The number of hydrogen-bond acceptors (Lipinski definition) is 2. The van der Waals surface area contributed by atoms with Gasteiger partial charge in [0.2, 0.25) is 0 Å². The molecule has 0 aliphatic carbocycles. The van der Waals surface area contributed by atoms with Crippen molar-refractivity contribution in [3.8, 4) is 5.75 Å². The van der Waals surface area contributed by atoms with Gasteiger partial charge in [-0.3, -0.25) is 0 Å². The van der Waals surface area contributed by atoms with Crippen LogP contribution in [0.15, 0.2) is 18.2 Å². The van der Waals surface area contributed by atoms with E-state index in [9.17, 15) is 17.6 Å². The molecule has 1 radical (unpaired) electrons. The van der Waals surface area contributed by atoms with Crippen molar-refractivity contribution in [2.45, 2.75) is 13.3 Å². The molecule has 6 heteroatoms. The van der Waals surface area contributed by atoms with Gasteiger partial charge in [-0.15, -0.1) is 13.2 Å². The Balaban J connectivity index is 2.92. The summed E-state index contributed by atoms with van der Waals surface area (Å²) >= 11 is 0. The molecule has 1 aromatic rings. The summed E-state index contributed by atoms with van der Waals surface area (Å²) in [5.74, 6) is -1.55. The minimum atomic E-state index is -4.92. The molecule has 89 valence electrons. The van der Waals surface area contributed by atoms with Crippen LogP contribution in [0, 0.1) is 11.7 Å². The molecule has 0 amide bonds. The summed E-state index contributed by atoms with van der Waals surface area (Å²) in [5.41, 5.74) is 0.328. The molecule has 1 aromatic carbocycles. The Kier molecular flexibility index (Phi) is 3.74. The highest BCUT2D eigenvalue weighted by atomic mass is 19.4. The Morgan fingerprint density at radius 3 is 2.44 bits per heavy atom. The lowest BCUT2D eigenvalue weighted by atomic mass is 10.0. The second kappa shape index (κ2) is 4.69. The molecule has 0 heterocycles. The van der Waals surface area contributed by atoms with E-state index in [0.717, 1.165) is 12.1 Å². The Bertz CT molecular complexity index is 362. The van der Waals surface area contributed by atoms with E-state index < -0.39 is 17.9 Å². The van der Waals surface area contributed by atoms with Crippen LogP contribution in [0.3, 0.4) is 0 Å². The van der Waals surface area contributed by atoms with Crippen LogP contribution in [0.2, 0.25) is 0 Å². The van der Waals surface area contributed by atoms with Gasteiger partial charge in [0.1, 0.15) is 0 Å². The van der Waals surface area contributed by atoms with Crippen LogP contribution in [0.5, 0.6) is 5.75 Å². The highest BCUT2D eigenvalue weighted by molar-refractivity contribution is 5.36. The van der Waals surface area contributed by atoms with Gasteiger partial charge in [-0.2, -0.15) is 0 Å². The van der Waals surface area contributed by atoms with E-state index in [4.69, 9.17) is 5.11 Å². The third-order valence-electron chi connectivity index (χ3n) is 1.89. The average molecular weight is 237 g/mol. The van der Waals surface area contributed by atoms with Gasteiger partial charge < -0.3 is 9.84 Å². The normalized spacial score (nSPS) is 11.9. The van der Waals surface area contributed by atoms with Crippen LogP contribution in [-0.4, -0.2) is 18.1 Å². The van der Waals surface area contributed by atoms with Gasteiger partial charge in [0.05, 0.1) is 6.61 Å². The molecule has 2 nitrogen and oxygen atoms in total. The average Bonchev–Trinajstić information content (AvgIpc) is 2.18. The van der Waals surface area contributed by atoms with E-state index >= 15 is 0 Å². The molecule has 0 bridgehead atoms. The van der Waals surface area contributed by atoms with E-state index in [2.05, 4.69) is 4.74 Å². The van der Waals surface area contributed by atoms with Crippen molar-refractivity contribution >= 4 is 0 Å². The predicted octanol–water partition coefficient (Wildman–Crippen LogP) is 2.66. The van der Waals surface area contributed by atoms with Crippen LogP contribution < -0.4 is 4.74 Å². The third-order valence-corrected chi connectivity index (χ3v) is 1.89. The lowest BCUT2D eigenvalue weighted by molar-refractivity contribution is -0.275. The highest BCUT2D eigenvalue weighted by Gasteiger charge is 2.32. The molecule has 0 spiro atoms. The molecule has 16 heavy (non-hydrogen) atoms. The minimum Gasteiger partial charge on any atom is -0.403 e. The lowest BCUT2D eigenvalue weighted by Crippen LogP contribution is -2.18. The van der Waals surface area contributed by atoms with Crippen molar-refractivity contribution < 1.29 is 27.4 Å². The van der Waals surface area contributed by atoms with E-state index in [0.29, 0.717) is 11.5 Å². The fourth-order valence-corrected chi connectivity index (χ4v) is 1.07. The first kappa shape index (κ1) is 12.8. The fraction of sp³-hybridized carbons (Fsp3) is 0.300. The molecule has 0 saturated heterocycles. The first-order valence-corrected chi connectivity index (χ1v) is 4.32. The zero-order valence-electron chi connectivity index (χ0n) is 8.31. The van der Waals surface area contributed by atoms with E-state index in [1.165, 1.54) is 6.07 Å². The van der Waals surface area contributed by atoms with Crippen molar-refractivity contribution in [1.82, 2.24) is 0 Å². The van der Waals surface area contributed by atoms with E-state index in [1.807, 2.05) is 0 Å². The first-order chi connectivity index (χ1) is 7.33. The molecule has 0 aliphatic rings. The van der Waals surface area contributed by atoms with Crippen molar-refractivity contribution in [1.29, 1.82) is 0 Å². The summed E-state index contributed by atoms with van der Waals surface area (Å²) in [4.78, 5) is 0. The molecule has 1 N–H and O–H groups in total. The zero-order valence-corrected chi connectivity index (χ0v) is 8.31. The van der Waals surface area contributed by atoms with Gasteiger partial charge in [-0.05, 0) is 17.7 Å². The minimum absolute atomic E-state index is 0.293. The van der Waals surface area contributed by atoms with Gasteiger partial charge in [0.25, 0.3) is 0 Å². The largest absolute Gasteiger partial charge is 0.573 e. The molecule has 0 saturated carbocycles. The van der Waals surface area contributed by atoms with Gasteiger partial charge in [-0.25, -0.2) is 4.39 Å². The molecule has 0 aliphatic heterocycles. The number of rotatable bonds is 3. The topological polar surface area (TPSA) is 29.5 Å². The van der Waals surface area contributed by atoms with Gasteiger partial charge in [0.15, 0.2) is 11.6 Å². The number of alkyl halides is 3. The monoisotopic (exact) mass is 237 g/mol. The second-order valence-corrected chi connectivity index (χ2v) is 3.13. The number of ether oxygens (including phenoxy) is 1. The zero-order chi connectivity index (χ0) is 12.3. The van der Waals surface area contributed by atoms with E-state index in [1.54, 1.807) is 6.92 Å². The molecule has 1 rings (SSSR count). The number of halogens is 4. The lowest BCUT2D eigenvalue weighted by Gasteiger charge is -2.12. The van der Waals surface area contributed by atoms with Crippen LogP contribution in [0.1, 0.15) is 12.5 Å². The van der Waals surface area contributed by atoms with Crippen LogP contribution in [-0.2, 0) is 0 Å². The molecule has 0 atom stereocenters. The summed E-state index contributed by atoms with van der Waals surface area (Å²) in [6.45, 7) is 1.25. The van der Waals surface area contributed by atoms with Crippen LogP contribution in [0.4, 0.5) is 17.6 Å². The number of aliphatic hydroxyl groups is 1. The molecule has 0 unspecified atom stereocenters. The Labute approximate surface area is 89.5 Å². The first-order valence-electron chi connectivity index (χ1n) is 4.32. The smallest absolute Gasteiger partial charge is 0.403 e. The number of aliphatic hydroxyl groups excluding tert-OH is 1. The second-order valence-electron chi connectivity index (χ2n) is 3.13. The van der Waals surface area contributed by atoms with E-state index in [-0.39, 0.29) is 6.61 Å². The predicted molar refractivity (Wildman–Crippen MR) is 48.2 cm³/mol. The van der Waals surface area contributed by atoms with Crippen molar-refractivity contribution in [2.75, 3.05) is 6.61 Å². The maximum Gasteiger partial charge on any atom is 0.573 e. The molecule has 0 fully saturated rings.